The number of anilines is 1. The molecule has 0 aliphatic carbocycles. The van der Waals surface area contributed by atoms with Crippen LogP contribution in [0.15, 0.2) is 22.9 Å². The number of nitrogens with one attached hydrogen (secondary N) is 1. The van der Waals surface area contributed by atoms with Crippen LogP contribution in [-0.4, -0.2) is 23.2 Å². The fraction of sp³-hybridized carbons (Fsp3) is 0.583. The van der Waals surface area contributed by atoms with Gasteiger partial charge in [-0.15, -0.1) is 0 Å². The molecule has 0 radical (unpaired) electrons. The summed E-state index contributed by atoms with van der Waals surface area (Å²) in [6, 6.07) is 4.46. The van der Waals surface area contributed by atoms with Gasteiger partial charge in [0.25, 0.3) is 0 Å². The summed E-state index contributed by atoms with van der Waals surface area (Å²) in [6.07, 6.45) is 4.54. The van der Waals surface area contributed by atoms with Gasteiger partial charge in [0.15, 0.2) is 0 Å². The summed E-state index contributed by atoms with van der Waals surface area (Å²) in [6.45, 7) is 4.26. The van der Waals surface area contributed by atoms with Gasteiger partial charge in [-0.3, -0.25) is 0 Å². The van der Waals surface area contributed by atoms with E-state index in [4.69, 9.17) is 4.74 Å². The number of ether oxygens (including phenoxy) is 1. The van der Waals surface area contributed by atoms with Crippen molar-refractivity contribution in [3.63, 3.8) is 0 Å². The van der Waals surface area contributed by atoms with Crippen LogP contribution in [0, 0.1) is 0 Å². The molecule has 1 saturated heterocycles. The van der Waals surface area contributed by atoms with E-state index in [1.165, 1.54) is 0 Å². The maximum absolute atomic E-state index is 5.72. The number of pyridine rings is 1. The molecular formula is C12H17BrN2O. The second-order valence-electron chi connectivity index (χ2n) is 4.41. The van der Waals surface area contributed by atoms with E-state index >= 15 is 0 Å². The Morgan fingerprint density at radius 1 is 1.38 bits per heavy atom. The van der Waals surface area contributed by atoms with E-state index in [1.54, 1.807) is 6.20 Å². The van der Waals surface area contributed by atoms with Crippen molar-refractivity contribution in [2.75, 3.05) is 5.32 Å². The fourth-order valence-electron chi connectivity index (χ4n) is 2.24. The zero-order valence-corrected chi connectivity index (χ0v) is 11.2. The molecule has 2 unspecified atom stereocenters. The molecule has 88 valence electrons. The van der Waals surface area contributed by atoms with Crippen molar-refractivity contribution < 1.29 is 4.74 Å². The van der Waals surface area contributed by atoms with Crippen LogP contribution in [0.2, 0.25) is 0 Å². The summed E-state index contributed by atoms with van der Waals surface area (Å²) in [5.74, 6) is 0. The second-order valence-corrected chi connectivity index (χ2v) is 5.16. The Morgan fingerprint density at radius 3 is 2.69 bits per heavy atom. The molecule has 1 aromatic rings. The van der Waals surface area contributed by atoms with Crippen LogP contribution >= 0.6 is 15.9 Å². The van der Waals surface area contributed by atoms with Gasteiger partial charge in [0.1, 0.15) is 4.60 Å². The molecule has 1 aliphatic heterocycles. The number of halogens is 1. The van der Waals surface area contributed by atoms with Gasteiger partial charge >= 0.3 is 0 Å². The monoisotopic (exact) mass is 284 g/mol. The molecule has 1 N–H and O–H groups in total. The molecule has 0 aromatic carbocycles. The molecule has 3 nitrogen and oxygen atoms in total. The number of nitrogens with zero attached hydrogens (tertiary/aromatic N) is 1. The number of hydrogen-bond acceptors (Lipinski definition) is 3. The average molecular weight is 285 g/mol. The maximum atomic E-state index is 5.72. The summed E-state index contributed by atoms with van der Waals surface area (Å²) < 4.78 is 6.59. The highest BCUT2D eigenvalue weighted by atomic mass is 79.9. The predicted octanol–water partition coefficient (Wildman–Crippen LogP) is 3.21. The number of aromatic nitrogens is 1. The van der Waals surface area contributed by atoms with Crippen molar-refractivity contribution in [1.82, 2.24) is 4.98 Å². The molecule has 4 heteroatoms. The number of rotatable bonds is 2. The molecule has 2 heterocycles. The van der Waals surface area contributed by atoms with Gasteiger partial charge in [-0.2, -0.15) is 0 Å². The first-order valence-electron chi connectivity index (χ1n) is 5.67. The molecule has 2 atom stereocenters. The Morgan fingerprint density at radius 2 is 2.06 bits per heavy atom. The van der Waals surface area contributed by atoms with Crippen LogP contribution < -0.4 is 5.32 Å². The predicted molar refractivity (Wildman–Crippen MR) is 68.6 cm³/mol. The molecular weight excluding hydrogens is 268 g/mol. The van der Waals surface area contributed by atoms with E-state index in [-0.39, 0.29) is 0 Å². The lowest BCUT2D eigenvalue weighted by atomic mass is 10.00. The van der Waals surface area contributed by atoms with Gasteiger partial charge in [0.2, 0.25) is 0 Å². The third-order valence-electron chi connectivity index (χ3n) is 2.82. The summed E-state index contributed by atoms with van der Waals surface area (Å²) >= 11 is 3.45. The van der Waals surface area contributed by atoms with Crippen molar-refractivity contribution in [3.8, 4) is 0 Å². The second kappa shape index (κ2) is 5.15. The lowest BCUT2D eigenvalue weighted by Crippen LogP contribution is -2.36. The summed E-state index contributed by atoms with van der Waals surface area (Å²) in [5, 5.41) is 3.52. The number of hydrogen-bond donors (Lipinski definition) is 1. The molecule has 0 amide bonds. The first-order valence-corrected chi connectivity index (χ1v) is 6.47. The molecule has 2 rings (SSSR count). The molecule has 0 spiro atoms. The van der Waals surface area contributed by atoms with E-state index in [0.717, 1.165) is 23.1 Å². The van der Waals surface area contributed by atoms with E-state index in [9.17, 15) is 0 Å². The summed E-state index contributed by atoms with van der Waals surface area (Å²) in [5.41, 5.74) is 1.06. The molecule has 1 aliphatic rings. The topological polar surface area (TPSA) is 34.2 Å². The molecule has 0 bridgehead atoms. The zero-order valence-electron chi connectivity index (χ0n) is 9.61. The van der Waals surface area contributed by atoms with Gasteiger partial charge in [0.05, 0.1) is 17.9 Å². The Bertz CT molecular complexity index is 349. The standard InChI is InChI=1S/C12H17BrN2O/c1-8-6-10(7-9(2)16-8)15-11-4-3-5-14-12(11)13/h3-5,8-10,15H,6-7H2,1-2H3. The Labute approximate surface area is 105 Å². The Balaban J connectivity index is 2.02. The van der Waals surface area contributed by atoms with Crippen LogP contribution in [0.4, 0.5) is 5.69 Å². The highest BCUT2D eigenvalue weighted by Crippen LogP contribution is 2.25. The van der Waals surface area contributed by atoms with Crippen LogP contribution in [0.3, 0.4) is 0 Å². The van der Waals surface area contributed by atoms with Crippen molar-refractivity contribution >= 4 is 21.6 Å². The van der Waals surface area contributed by atoms with E-state index in [2.05, 4.69) is 40.1 Å². The van der Waals surface area contributed by atoms with Crippen LogP contribution in [0.1, 0.15) is 26.7 Å². The average Bonchev–Trinajstić information content (AvgIpc) is 2.20. The van der Waals surface area contributed by atoms with Crippen LogP contribution in [0.5, 0.6) is 0 Å². The van der Waals surface area contributed by atoms with Gasteiger partial charge in [-0.05, 0) is 54.8 Å². The van der Waals surface area contributed by atoms with Crippen molar-refractivity contribution in [2.45, 2.75) is 44.9 Å². The van der Waals surface area contributed by atoms with Gasteiger partial charge in [-0.1, -0.05) is 0 Å². The van der Waals surface area contributed by atoms with Crippen molar-refractivity contribution in [2.24, 2.45) is 0 Å². The van der Waals surface area contributed by atoms with Crippen molar-refractivity contribution in [3.05, 3.63) is 22.9 Å². The molecule has 1 fully saturated rings. The van der Waals surface area contributed by atoms with Crippen LogP contribution in [0.25, 0.3) is 0 Å². The maximum Gasteiger partial charge on any atom is 0.129 e. The first-order chi connectivity index (χ1) is 7.65. The lowest BCUT2D eigenvalue weighted by Gasteiger charge is -2.33. The highest BCUT2D eigenvalue weighted by molar-refractivity contribution is 9.10. The van der Waals surface area contributed by atoms with Gasteiger partial charge in [-0.25, -0.2) is 4.98 Å². The summed E-state index contributed by atoms with van der Waals surface area (Å²) in [4.78, 5) is 4.21. The quantitative estimate of drug-likeness (QED) is 0.847. The molecule has 16 heavy (non-hydrogen) atoms. The fourth-order valence-corrected chi connectivity index (χ4v) is 2.60. The van der Waals surface area contributed by atoms with Gasteiger partial charge in [0, 0.05) is 12.2 Å². The van der Waals surface area contributed by atoms with E-state index < -0.39 is 0 Å². The Kier molecular flexibility index (Phi) is 3.82. The summed E-state index contributed by atoms with van der Waals surface area (Å²) in [7, 11) is 0. The lowest BCUT2D eigenvalue weighted by molar-refractivity contribution is -0.0337. The zero-order chi connectivity index (χ0) is 11.5. The van der Waals surface area contributed by atoms with E-state index in [1.807, 2.05) is 12.1 Å². The van der Waals surface area contributed by atoms with Crippen LogP contribution in [-0.2, 0) is 4.74 Å². The minimum atomic E-state index is 0.330. The third kappa shape index (κ3) is 2.95. The molecule has 1 aromatic heterocycles. The first kappa shape index (κ1) is 11.9. The normalized spacial score (nSPS) is 30.1. The Hall–Kier alpha value is -0.610. The largest absolute Gasteiger partial charge is 0.380 e. The van der Waals surface area contributed by atoms with Crippen molar-refractivity contribution in [1.29, 1.82) is 0 Å². The SMILES string of the molecule is CC1CC(Nc2cccnc2Br)CC(C)O1. The third-order valence-corrected chi connectivity index (χ3v) is 3.45. The molecule has 0 saturated carbocycles. The highest BCUT2D eigenvalue weighted by Gasteiger charge is 2.24. The van der Waals surface area contributed by atoms with Gasteiger partial charge < -0.3 is 10.1 Å². The minimum Gasteiger partial charge on any atom is -0.380 e. The van der Waals surface area contributed by atoms with E-state index in [0.29, 0.717) is 18.2 Å². The smallest absolute Gasteiger partial charge is 0.129 e. The minimum absolute atomic E-state index is 0.330.